The second-order valence-corrected chi connectivity index (χ2v) is 3.66. The SMILES string of the molecule is CCOC(=O)c1nnc(-c2ccccc2)nc1C. The van der Waals surface area contributed by atoms with E-state index >= 15 is 0 Å². The van der Waals surface area contributed by atoms with Crippen molar-refractivity contribution in [3.05, 3.63) is 41.7 Å². The van der Waals surface area contributed by atoms with Crippen molar-refractivity contribution < 1.29 is 9.53 Å². The summed E-state index contributed by atoms with van der Waals surface area (Å²) in [4.78, 5) is 15.8. The Morgan fingerprint density at radius 3 is 2.56 bits per heavy atom. The van der Waals surface area contributed by atoms with Crippen LogP contribution in [0.1, 0.15) is 23.1 Å². The van der Waals surface area contributed by atoms with Crippen LogP contribution in [0.4, 0.5) is 0 Å². The lowest BCUT2D eigenvalue weighted by Crippen LogP contribution is -2.12. The second-order valence-electron chi connectivity index (χ2n) is 3.66. The molecule has 0 fully saturated rings. The van der Waals surface area contributed by atoms with Gasteiger partial charge in [0.05, 0.1) is 12.3 Å². The van der Waals surface area contributed by atoms with Gasteiger partial charge in [-0.05, 0) is 13.8 Å². The van der Waals surface area contributed by atoms with Crippen LogP contribution in [0.25, 0.3) is 11.4 Å². The van der Waals surface area contributed by atoms with E-state index in [4.69, 9.17) is 4.74 Å². The average Bonchev–Trinajstić information content (AvgIpc) is 2.40. The lowest BCUT2D eigenvalue weighted by Gasteiger charge is -2.04. The van der Waals surface area contributed by atoms with Crippen molar-refractivity contribution in [2.45, 2.75) is 13.8 Å². The summed E-state index contributed by atoms with van der Waals surface area (Å²) in [6.07, 6.45) is 0. The summed E-state index contributed by atoms with van der Waals surface area (Å²) < 4.78 is 4.87. The number of nitrogens with zero attached hydrogens (tertiary/aromatic N) is 3. The van der Waals surface area contributed by atoms with Crippen molar-refractivity contribution in [2.24, 2.45) is 0 Å². The Balaban J connectivity index is 2.34. The molecule has 0 radical (unpaired) electrons. The number of carbonyl (C=O) groups is 1. The molecule has 0 aliphatic rings. The predicted octanol–water partition coefficient (Wildman–Crippen LogP) is 2.02. The van der Waals surface area contributed by atoms with Crippen molar-refractivity contribution in [3.63, 3.8) is 0 Å². The Labute approximate surface area is 105 Å². The number of rotatable bonds is 3. The van der Waals surface area contributed by atoms with Gasteiger partial charge in [-0.15, -0.1) is 10.2 Å². The van der Waals surface area contributed by atoms with Crippen molar-refractivity contribution >= 4 is 5.97 Å². The summed E-state index contributed by atoms with van der Waals surface area (Å²) in [5.74, 6) is 0.00996. The summed E-state index contributed by atoms with van der Waals surface area (Å²) >= 11 is 0. The van der Waals surface area contributed by atoms with Gasteiger partial charge in [-0.1, -0.05) is 30.3 Å². The normalized spacial score (nSPS) is 10.1. The number of esters is 1. The third-order valence-corrected chi connectivity index (χ3v) is 2.36. The molecule has 18 heavy (non-hydrogen) atoms. The maximum absolute atomic E-state index is 11.5. The molecule has 0 saturated heterocycles. The van der Waals surface area contributed by atoms with Gasteiger partial charge in [0.15, 0.2) is 11.5 Å². The van der Waals surface area contributed by atoms with E-state index in [2.05, 4.69) is 15.2 Å². The molecule has 0 amide bonds. The Hall–Kier alpha value is -2.30. The van der Waals surface area contributed by atoms with Crippen molar-refractivity contribution in [3.8, 4) is 11.4 Å². The van der Waals surface area contributed by atoms with Gasteiger partial charge in [0.25, 0.3) is 0 Å². The van der Waals surface area contributed by atoms with E-state index in [9.17, 15) is 4.79 Å². The molecule has 0 atom stereocenters. The highest BCUT2D eigenvalue weighted by Gasteiger charge is 2.15. The maximum atomic E-state index is 11.5. The van der Waals surface area contributed by atoms with Crippen LogP contribution in [0.5, 0.6) is 0 Å². The zero-order valence-electron chi connectivity index (χ0n) is 10.3. The molecular weight excluding hydrogens is 230 g/mol. The van der Waals surface area contributed by atoms with E-state index in [1.54, 1.807) is 13.8 Å². The first-order valence-electron chi connectivity index (χ1n) is 5.66. The smallest absolute Gasteiger partial charge is 0.360 e. The summed E-state index contributed by atoms with van der Waals surface area (Å²) in [6, 6.07) is 9.48. The van der Waals surface area contributed by atoms with Gasteiger partial charge < -0.3 is 4.74 Å². The van der Waals surface area contributed by atoms with Gasteiger partial charge in [-0.25, -0.2) is 9.78 Å². The largest absolute Gasteiger partial charge is 0.461 e. The van der Waals surface area contributed by atoms with Crippen LogP contribution in [0.2, 0.25) is 0 Å². The number of aromatic nitrogens is 3. The van der Waals surface area contributed by atoms with Gasteiger partial charge in [-0.3, -0.25) is 0 Å². The molecule has 2 aromatic rings. The van der Waals surface area contributed by atoms with Gasteiger partial charge in [-0.2, -0.15) is 0 Å². The van der Waals surface area contributed by atoms with E-state index in [0.29, 0.717) is 18.1 Å². The van der Waals surface area contributed by atoms with Crippen LogP contribution >= 0.6 is 0 Å². The zero-order chi connectivity index (χ0) is 13.0. The standard InChI is InChI=1S/C13H13N3O2/c1-3-18-13(17)11-9(2)14-12(16-15-11)10-7-5-4-6-8-10/h4-8H,3H2,1-2H3. The van der Waals surface area contributed by atoms with Gasteiger partial charge in [0, 0.05) is 5.56 Å². The van der Waals surface area contributed by atoms with Gasteiger partial charge in [0.2, 0.25) is 0 Å². The fourth-order valence-electron chi connectivity index (χ4n) is 1.50. The first kappa shape index (κ1) is 12.2. The number of benzene rings is 1. The molecule has 0 bridgehead atoms. The molecule has 0 saturated carbocycles. The highest BCUT2D eigenvalue weighted by Crippen LogP contribution is 2.14. The molecule has 1 aromatic heterocycles. The van der Waals surface area contributed by atoms with Crippen LogP contribution in [0.15, 0.2) is 30.3 Å². The molecule has 5 nitrogen and oxygen atoms in total. The molecule has 1 heterocycles. The van der Waals surface area contributed by atoms with Crippen molar-refractivity contribution in [2.75, 3.05) is 6.61 Å². The molecule has 0 aliphatic carbocycles. The second kappa shape index (κ2) is 5.35. The molecule has 0 unspecified atom stereocenters. The quantitative estimate of drug-likeness (QED) is 0.772. The minimum absolute atomic E-state index is 0.163. The summed E-state index contributed by atoms with van der Waals surface area (Å²) in [7, 11) is 0. The number of hydrogen-bond acceptors (Lipinski definition) is 5. The van der Waals surface area contributed by atoms with E-state index < -0.39 is 5.97 Å². The predicted molar refractivity (Wildman–Crippen MR) is 66.0 cm³/mol. The maximum Gasteiger partial charge on any atom is 0.360 e. The average molecular weight is 243 g/mol. The topological polar surface area (TPSA) is 65.0 Å². The van der Waals surface area contributed by atoms with Crippen LogP contribution in [-0.4, -0.2) is 27.8 Å². The first-order chi connectivity index (χ1) is 8.72. The van der Waals surface area contributed by atoms with Crippen molar-refractivity contribution in [1.29, 1.82) is 0 Å². The zero-order valence-corrected chi connectivity index (χ0v) is 10.3. The van der Waals surface area contributed by atoms with E-state index in [1.165, 1.54) is 0 Å². The van der Waals surface area contributed by atoms with Crippen LogP contribution in [0, 0.1) is 6.92 Å². The fourth-order valence-corrected chi connectivity index (χ4v) is 1.50. The third-order valence-electron chi connectivity index (χ3n) is 2.36. The molecule has 0 N–H and O–H groups in total. The number of ether oxygens (including phenoxy) is 1. The van der Waals surface area contributed by atoms with Crippen molar-refractivity contribution in [1.82, 2.24) is 15.2 Å². The summed E-state index contributed by atoms with van der Waals surface area (Å²) in [6.45, 7) is 3.76. The van der Waals surface area contributed by atoms with Crippen LogP contribution < -0.4 is 0 Å². The third kappa shape index (κ3) is 2.51. The van der Waals surface area contributed by atoms with E-state index in [1.807, 2.05) is 30.3 Å². The highest BCUT2D eigenvalue weighted by molar-refractivity contribution is 5.88. The Morgan fingerprint density at radius 2 is 1.94 bits per heavy atom. The van der Waals surface area contributed by atoms with E-state index in [-0.39, 0.29) is 5.69 Å². The number of carbonyl (C=O) groups excluding carboxylic acids is 1. The Bertz CT molecular complexity index is 555. The lowest BCUT2D eigenvalue weighted by atomic mass is 10.2. The molecule has 92 valence electrons. The molecule has 0 spiro atoms. The van der Waals surface area contributed by atoms with Crippen LogP contribution in [0.3, 0.4) is 0 Å². The lowest BCUT2D eigenvalue weighted by molar-refractivity contribution is 0.0516. The molecule has 5 heteroatoms. The molecule has 2 rings (SSSR count). The van der Waals surface area contributed by atoms with E-state index in [0.717, 1.165) is 5.56 Å². The monoisotopic (exact) mass is 243 g/mol. The molecule has 0 aliphatic heterocycles. The summed E-state index contributed by atoms with van der Waals surface area (Å²) in [5.41, 5.74) is 1.54. The molecular formula is C13H13N3O2. The summed E-state index contributed by atoms with van der Waals surface area (Å²) in [5, 5.41) is 7.84. The van der Waals surface area contributed by atoms with Crippen LogP contribution in [-0.2, 0) is 4.74 Å². The fraction of sp³-hybridized carbons (Fsp3) is 0.231. The highest BCUT2D eigenvalue weighted by atomic mass is 16.5. The first-order valence-corrected chi connectivity index (χ1v) is 5.66. The minimum Gasteiger partial charge on any atom is -0.461 e. The molecule has 1 aromatic carbocycles. The number of aryl methyl sites for hydroxylation is 1. The van der Waals surface area contributed by atoms with Gasteiger partial charge >= 0.3 is 5.97 Å². The van der Waals surface area contributed by atoms with Gasteiger partial charge in [0.1, 0.15) is 0 Å². The Morgan fingerprint density at radius 1 is 1.22 bits per heavy atom. The minimum atomic E-state index is -0.491. The Kier molecular flexibility index (Phi) is 3.62. The number of hydrogen-bond donors (Lipinski definition) is 0.